The van der Waals surface area contributed by atoms with Crippen molar-refractivity contribution in [3.05, 3.63) is 35.9 Å². The van der Waals surface area contributed by atoms with Crippen LogP contribution in [0.25, 0.3) is 0 Å². The first kappa shape index (κ1) is 15.9. The van der Waals surface area contributed by atoms with E-state index in [4.69, 9.17) is 0 Å². The van der Waals surface area contributed by atoms with Crippen molar-refractivity contribution in [3.63, 3.8) is 0 Å². The van der Waals surface area contributed by atoms with Gasteiger partial charge in [-0.3, -0.25) is 4.79 Å². The van der Waals surface area contributed by atoms with Gasteiger partial charge in [0.05, 0.1) is 0 Å². The zero-order valence-electron chi connectivity index (χ0n) is 12.3. The van der Waals surface area contributed by atoms with Crippen molar-refractivity contribution in [2.24, 2.45) is 0 Å². The SMILES string of the molecule is CN(C)S(=O)(=O)N[C@@H]1CCCN(C(=O)c2ccccc2)C1. The summed E-state index contributed by atoms with van der Waals surface area (Å²) in [5.41, 5.74) is 0.633. The molecule has 0 saturated carbocycles. The number of hydrogen-bond acceptors (Lipinski definition) is 3. The van der Waals surface area contributed by atoms with Crippen molar-refractivity contribution in [1.29, 1.82) is 0 Å². The van der Waals surface area contributed by atoms with Gasteiger partial charge < -0.3 is 4.90 Å². The first-order valence-electron chi connectivity index (χ1n) is 6.94. The monoisotopic (exact) mass is 311 g/mol. The van der Waals surface area contributed by atoms with Gasteiger partial charge in [0.25, 0.3) is 16.1 Å². The van der Waals surface area contributed by atoms with Crippen LogP contribution >= 0.6 is 0 Å². The Hall–Kier alpha value is -1.44. The molecule has 7 heteroatoms. The molecule has 1 aromatic rings. The Kier molecular flexibility index (Phi) is 4.97. The molecule has 0 unspecified atom stereocenters. The van der Waals surface area contributed by atoms with Crippen LogP contribution in [0, 0.1) is 0 Å². The second-order valence-electron chi connectivity index (χ2n) is 5.36. The van der Waals surface area contributed by atoms with Gasteiger partial charge in [0.2, 0.25) is 0 Å². The first-order valence-corrected chi connectivity index (χ1v) is 8.38. The van der Waals surface area contributed by atoms with E-state index in [2.05, 4.69) is 4.72 Å². The van der Waals surface area contributed by atoms with Gasteiger partial charge in [-0.25, -0.2) is 0 Å². The second kappa shape index (κ2) is 6.55. The Morgan fingerprint density at radius 1 is 1.29 bits per heavy atom. The second-order valence-corrected chi connectivity index (χ2v) is 7.28. The van der Waals surface area contributed by atoms with Crippen molar-refractivity contribution in [2.75, 3.05) is 27.2 Å². The number of carbonyl (C=O) groups is 1. The maximum Gasteiger partial charge on any atom is 0.279 e. The summed E-state index contributed by atoms with van der Waals surface area (Å²) in [7, 11) is -0.498. The third kappa shape index (κ3) is 4.03. The highest BCUT2D eigenvalue weighted by atomic mass is 32.2. The lowest BCUT2D eigenvalue weighted by molar-refractivity contribution is 0.0702. The number of nitrogens with zero attached hydrogens (tertiary/aromatic N) is 2. The fourth-order valence-electron chi connectivity index (χ4n) is 2.34. The van der Waals surface area contributed by atoms with Gasteiger partial charge in [0.1, 0.15) is 0 Å². The molecule has 1 N–H and O–H groups in total. The topological polar surface area (TPSA) is 69.7 Å². The highest BCUT2D eigenvalue weighted by Gasteiger charge is 2.27. The Morgan fingerprint density at radius 3 is 2.57 bits per heavy atom. The Bertz CT molecular complexity index is 587. The van der Waals surface area contributed by atoms with Crippen LogP contribution in [0.1, 0.15) is 23.2 Å². The molecule has 0 aromatic heterocycles. The minimum absolute atomic E-state index is 0.0515. The molecule has 1 aliphatic rings. The van der Waals surface area contributed by atoms with E-state index in [1.165, 1.54) is 14.1 Å². The highest BCUT2D eigenvalue weighted by molar-refractivity contribution is 7.87. The molecule has 1 heterocycles. The number of amides is 1. The molecule has 116 valence electrons. The quantitative estimate of drug-likeness (QED) is 0.889. The lowest BCUT2D eigenvalue weighted by Crippen LogP contribution is -2.51. The normalized spacial score (nSPS) is 19.8. The highest BCUT2D eigenvalue weighted by Crippen LogP contribution is 2.14. The molecule has 0 aliphatic carbocycles. The minimum atomic E-state index is -3.47. The van der Waals surface area contributed by atoms with Crippen LogP contribution in [-0.2, 0) is 10.2 Å². The number of likely N-dealkylation sites (tertiary alicyclic amines) is 1. The molecule has 1 atom stereocenters. The Labute approximate surface area is 125 Å². The number of benzene rings is 1. The molecule has 0 bridgehead atoms. The van der Waals surface area contributed by atoms with E-state index in [9.17, 15) is 13.2 Å². The third-order valence-electron chi connectivity index (χ3n) is 3.53. The summed E-state index contributed by atoms with van der Waals surface area (Å²) in [6.45, 7) is 1.06. The summed E-state index contributed by atoms with van der Waals surface area (Å²) in [6, 6.07) is 8.82. The van der Waals surface area contributed by atoms with Crippen LogP contribution in [0.3, 0.4) is 0 Å². The zero-order chi connectivity index (χ0) is 15.5. The molecular formula is C14H21N3O3S. The molecular weight excluding hydrogens is 290 g/mol. The molecule has 6 nitrogen and oxygen atoms in total. The average molecular weight is 311 g/mol. The smallest absolute Gasteiger partial charge is 0.279 e. The maximum absolute atomic E-state index is 12.4. The average Bonchev–Trinajstić information content (AvgIpc) is 2.47. The number of nitrogens with one attached hydrogen (secondary N) is 1. The molecule has 1 aromatic carbocycles. The number of rotatable bonds is 4. The standard InChI is InChI=1S/C14H21N3O3S/c1-16(2)21(19,20)15-13-9-6-10-17(11-13)14(18)12-7-4-3-5-8-12/h3-5,7-8,13,15H,6,9-11H2,1-2H3/t13-/m1/s1. The predicted octanol–water partition coefficient (Wildman–Crippen LogP) is 0.687. The minimum Gasteiger partial charge on any atom is -0.337 e. The predicted molar refractivity (Wildman–Crippen MR) is 81.1 cm³/mol. The van der Waals surface area contributed by atoms with Crippen LogP contribution in [0.5, 0.6) is 0 Å². The van der Waals surface area contributed by atoms with E-state index in [-0.39, 0.29) is 11.9 Å². The van der Waals surface area contributed by atoms with Crippen LogP contribution < -0.4 is 4.72 Å². The summed E-state index contributed by atoms with van der Waals surface area (Å²) in [6.07, 6.45) is 1.53. The maximum atomic E-state index is 12.4. The molecule has 21 heavy (non-hydrogen) atoms. The molecule has 1 aliphatic heterocycles. The van der Waals surface area contributed by atoms with Crippen LogP contribution in [-0.4, -0.2) is 56.8 Å². The van der Waals surface area contributed by atoms with Gasteiger partial charge in [-0.15, -0.1) is 0 Å². The fourth-order valence-corrected chi connectivity index (χ4v) is 3.16. The van der Waals surface area contributed by atoms with Gasteiger partial charge in [-0.2, -0.15) is 17.4 Å². The largest absolute Gasteiger partial charge is 0.337 e. The van der Waals surface area contributed by atoms with Gasteiger partial charge >= 0.3 is 0 Å². The van der Waals surface area contributed by atoms with Crippen molar-refractivity contribution in [1.82, 2.24) is 13.9 Å². The van der Waals surface area contributed by atoms with Gasteiger partial charge in [-0.05, 0) is 25.0 Å². The van der Waals surface area contributed by atoms with E-state index in [0.29, 0.717) is 18.7 Å². The van der Waals surface area contributed by atoms with E-state index < -0.39 is 10.2 Å². The molecule has 1 amide bonds. The van der Waals surface area contributed by atoms with E-state index in [1.807, 2.05) is 18.2 Å². The summed E-state index contributed by atoms with van der Waals surface area (Å²) in [4.78, 5) is 14.1. The fraction of sp³-hybridized carbons (Fsp3) is 0.500. The third-order valence-corrected chi connectivity index (χ3v) is 5.12. The van der Waals surface area contributed by atoms with Crippen molar-refractivity contribution in [3.8, 4) is 0 Å². The molecule has 2 rings (SSSR count). The number of piperidine rings is 1. The first-order chi connectivity index (χ1) is 9.90. The van der Waals surface area contributed by atoms with E-state index in [0.717, 1.165) is 17.1 Å². The summed E-state index contributed by atoms with van der Waals surface area (Å²) in [5.74, 6) is -0.0515. The number of carbonyl (C=O) groups excluding carboxylic acids is 1. The van der Waals surface area contributed by atoms with E-state index in [1.54, 1.807) is 17.0 Å². The molecule has 1 fully saturated rings. The van der Waals surface area contributed by atoms with Crippen molar-refractivity contribution in [2.45, 2.75) is 18.9 Å². The zero-order valence-corrected chi connectivity index (χ0v) is 13.1. The van der Waals surface area contributed by atoms with Gasteiger partial charge in [0, 0.05) is 38.8 Å². The Balaban J connectivity index is 2.03. The lowest BCUT2D eigenvalue weighted by atomic mass is 10.1. The molecule has 1 saturated heterocycles. The van der Waals surface area contributed by atoms with E-state index >= 15 is 0 Å². The van der Waals surface area contributed by atoms with Crippen LogP contribution in [0.15, 0.2) is 30.3 Å². The summed E-state index contributed by atoms with van der Waals surface area (Å²) < 4.78 is 27.5. The Morgan fingerprint density at radius 2 is 1.95 bits per heavy atom. The molecule has 0 radical (unpaired) electrons. The van der Waals surface area contributed by atoms with Gasteiger partial charge in [0.15, 0.2) is 0 Å². The number of hydrogen-bond donors (Lipinski definition) is 1. The van der Waals surface area contributed by atoms with Crippen LogP contribution in [0.2, 0.25) is 0 Å². The van der Waals surface area contributed by atoms with Crippen LogP contribution in [0.4, 0.5) is 0 Å². The lowest BCUT2D eigenvalue weighted by Gasteiger charge is -2.33. The summed E-state index contributed by atoms with van der Waals surface area (Å²) >= 11 is 0. The molecule has 0 spiro atoms. The van der Waals surface area contributed by atoms with Crippen molar-refractivity contribution >= 4 is 16.1 Å². The summed E-state index contributed by atoms with van der Waals surface area (Å²) in [5, 5.41) is 0. The van der Waals surface area contributed by atoms with Gasteiger partial charge in [-0.1, -0.05) is 18.2 Å². The van der Waals surface area contributed by atoms with Crippen molar-refractivity contribution < 1.29 is 13.2 Å².